The molecule has 0 radical (unpaired) electrons. The van der Waals surface area contributed by atoms with Gasteiger partial charge >= 0.3 is 5.97 Å². The zero-order chi connectivity index (χ0) is 24.2. The lowest BCUT2D eigenvalue weighted by atomic mass is 10.0. The highest BCUT2D eigenvalue weighted by Crippen LogP contribution is 2.12. The fourth-order valence-corrected chi connectivity index (χ4v) is 3.32. The second-order valence-electron chi connectivity index (χ2n) is 7.91. The standard InChI is InChI=1S/C24H32N4O5/c25-13-5-4-8-19(26)22(30)27-20(14-17-9-11-18(29)12-10-17)23(31)28-21(24(32)33)15-16-6-2-1-3-7-16/h1-3,6-7,9-12,19-21,29H,4-5,8,13-15,25-26H2,(H,27,30)(H,28,31)(H,32,33)/t19-,20-,21-/m0/s1. The first-order valence-corrected chi connectivity index (χ1v) is 10.9. The van der Waals surface area contributed by atoms with E-state index >= 15 is 0 Å². The molecule has 0 heterocycles. The van der Waals surface area contributed by atoms with Crippen LogP contribution in [0.3, 0.4) is 0 Å². The van der Waals surface area contributed by atoms with Gasteiger partial charge in [0.25, 0.3) is 0 Å². The van der Waals surface area contributed by atoms with E-state index in [0.29, 0.717) is 24.9 Å². The molecule has 0 aliphatic carbocycles. The maximum Gasteiger partial charge on any atom is 0.326 e. The van der Waals surface area contributed by atoms with Crippen LogP contribution in [0.15, 0.2) is 54.6 Å². The summed E-state index contributed by atoms with van der Waals surface area (Å²) in [6.45, 7) is 0.498. The summed E-state index contributed by atoms with van der Waals surface area (Å²) in [7, 11) is 0. The average Bonchev–Trinajstić information content (AvgIpc) is 2.80. The van der Waals surface area contributed by atoms with Crippen molar-refractivity contribution in [3.8, 4) is 5.75 Å². The van der Waals surface area contributed by atoms with E-state index in [1.165, 1.54) is 12.1 Å². The predicted octanol–water partition coefficient (Wildman–Crippen LogP) is 0.688. The van der Waals surface area contributed by atoms with E-state index in [0.717, 1.165) is 12.0 Å². The minimum atomic E-state index is -1.18. The Bertz CT molecular complexity index is 905. The number of carbonyl (C=O) groups excluding carboxylic acids is 2. The lowest BCUT2D eigenvalue weighted by Gasteiger charge is -2.23. The number of carbonyl (C=O) groups is 3. The third kappa shape index (κ3) is 8.91. The molecule has 8 N–H and O–H groups in total. The fraction of sp³-hybridized carbons (Fsp3) is 0.375. The molecule has 178 valence electrons. The first-order valence-electron chi connectivity index (χ1n) is 10.9. The molecular weight excluding hydrogens is 424 g/mol. The van der Waals surface area contributed by atoms with E-state index < -0.39 is 35.9 Å². The number of nitrogens with two attached hydrogens (primary N) is 2. The minimum Gasteiger partial charge on any atom is -0.508 e. The number of aliphatic carboxylic acids is 1. The second-order valence-corrected chi connectivity index (χ2v) is 7.91. The molecule has 0 saturated carbocycles. The number of carboxylic acids is 1. The Hall–Kier alpha value is -3.43. The molecule has 0 aromatic heterocycles. The zero-order valence-corrected chi connectivity index (χ0v) is 18.4. The molecular formula is C24H32N4O5. The van der Waals surface area contributed by atoms with Crippen LogP contribution in [0.5, 0.6) is 5.75 Å². The molecule has 0 aliphatic heterocycles. The first-order chi connectivity index (χ1) is 15.8. The Balaban J connectivity index is 2.13. The van der Waals surface area contributed by atoms with Crippen LogP contribution < -0.4 is 22.1 Å². The van der Waals surface area contributed by atoms with Crippen molar-refractivity contribution in [2.45, 2.75) is 50.2 Å². The SMILES string of the molecule is NCCCC[C@H](N)C(=O)N[C@@H](Cc1ccc(O)cc1)C(=O)N[C@@H](Cc1ccccc1)C(=O)O. The predicted molar refractivity (Wildman–Crippen MR) is 124 cm³/mol. The quantitative estimate of drug-likeness (QED) is 0.241. The maximum atomic E-state index is 13.0. The Labute approximate surface area is 193 Å². The summed E-state index contributed by atoms with van der Waals surface area (Å²) in [5.74, 6) is -2.24. The van der Waals surface area contributed by atoms with Gasteiger partial charge in [0, 0.05) is 12.8 Å². The van der Waals surface area contributed by atoms with Gasteiger partial charge in [-0.25, -0.2) is 4.79 Å². The van der Waals surface area contributed by atoms with Crippen molar-refractivity contribution >= 4 is 17.8 Å². The molecule has 0 saturated heterocycles. The number of benzene rings is 2. The van der Waals surface area contributed by atoms with Gasteiger partial charge in [-0.05, 0) is 42.6 Å². The van der Waals surface area contributed by atoms with Crippen LogP contribution in [0.1, 0.15) is 30.4 Å². The van der Waals surface area contributed by atoms with Gasteiger partial charge in [0.2, 0.25) is 11.8 Å². The van der Waals surface area contributed by atoms with Crippen molar-refractivity contribution in [1.82, 2.24) is 10.6 Å². The number of phenolic OH excluding ortho intramolecular Hbond substituents is 1. The van der Waals surface area contributed by atoms with Gasteiger partial charge in [-0.3, -0.25) is 9.59 Å². The first kappa shape index (κ1) is 25.8. The van der Waals surface area contributed by atoms with Gasteiger partial charge in [-0.15, -0.1) is 0 Å². The molecule has 0 fully saturated rings. The molecule has 2 aromatic rings. The Morgan fingerprint density at radius 3 is 2.00 bits per heavy atom. The van der Waals surface area contributed by atoms with Gasteiger partial charge < -0.3 is 32.3 Å². The highest BCUT2D eigenvalue weighted by molar-refractivity contribution is 5.92. The van der Waals surface area contributed by atoms with Gasteiger partial charge in [0.15, 0.2) is 0 Å². The second kappa shape index (κ2) is 13.2. The summed E-state index contributed by atoms with van der Waals surface area (Å²) < 4.78 is 0. The molecule has 0 spiro atoms. The van der Waals surface area contributed by atoms with Crippen molar-refractivity contribution in [2.24, 2.45) is 11.5 Å². The van der Waals surface area contributed by atoms with Crippen molar-refractivity contribution in [3.05, 3.63) is 65.7 Å². The fourth-order valence-electron chi connectivity index (χ4n) is 3.32. The third-order valence-corrected chi connectivity index (χ3v) is 5.21. The smallest absolute Gasteiger partial charge is 0.326 e. The van der Waals surface area contributed by atoms with Crippen molar-refractivity contribution in [2.75, 3.05) is 6.54 Å². The molecule has 2 amide bonds. The van der Waals surface area contributed by atoms with Crippen LogP contribution in [0.2, 0.25) is 0 Å². The number of carboxylic acid groups (broad SMARTS) is 1. The number of unbranched alkanes of at least 4 members (excludes halogenated alkanes) is 1. The van der Waals surface area contributed by atoms with Gasteiger partial charge in [-0.1, -0.05) is 48.9 Å². The van der Waals surface area contributed by atoms with E-state index in [1.807, 2.05) is 6.07 Å². The van der Waals surface area contributed by atoms with Crippen molar-refractivity contribution < 1.29 is 24.6 Å². The molecule has 2 aromatic carbocycles. The highest BCUT2D eigenvalue weighted by Gasteiger charge is 2.28. The molecule has 0 aliphatic rings. The van der Waals surface area contributed by atoms with Crippen LogP contribution in [-0.2, 0) is 27.2 Å². The lowest BCUT2D eigenvalue weighted by molar-refractivity contribution is -0.142. The van der Waals surface area contributed by atoms with Gasteiger partial charge in [0.05, 0.1) is 6.04 Å². The normalized spacial score (nSPS) is 13.5. The van der Waals surface area contributed by atoms with E-state index in [4.69, 9.17) is 11.5 Å². The van der Waals surface area contributed by atoms with Gasteiger partial charge in [0.1, 0.15) is 17.8 Å². The van der Waals surface area contributed by atoms with Crippen LogP contribution in [0, 0.1) is 0 Å². The van der Waals surface area contributed by atoms with E-state index in [1.54, 1.807) is 36.4 Å². The Morgan fingerprint density at radius 1 is 0.818 bits per heavy atom. The Morgan fingerprint density at radius 2 is 1.39 bits per heavy atom. The number of hydrogen-bond donors (Lipinski definition) is 6. The van der Waals surface area contributed by atoms with Crippen molar-refractivity contribution in [3.63, 3.8) is 0 Å². The summed E-state index contributed by atoms with van der Waals surface area (Å²) in [4.78, 5) is 37.4. The number of amides is 2. The average molecular weight is 457 g/mol. The molecule has 0 unspecified atom stereocenters. The van der Waals surface area contributed by atoms with Crippen LogP contribution >= 0.6 is 0 Å². The molecule has 2 rings (SSSR count). The van der Waals surface area contributed by atoms with Crippen LogP contribution in [0.25, 0.3) is 0 Å². The number of hydrogen-bond acceptors (Lipinski definition) is 6. The third-order valence-electron chi connectivity index (χ3n) is 5.21. The topological polar surface area (TPSA) is 168 Å². The van der Waals surface area contributed by atoms with Crippen molar-refractivity contribution in [1.29, 1.82) is 0 Å². The number of aromatic hydroxyl groups is 1. The lowest BCUT2D eigenvalue weighted by Crippen LogP contribution is -2.55. The molecule has 33 heavy (non-hydrogen) atoms. The largest absolute Gasteiger partial charge is 0.508 e. The number of nitrogens with one attached hydrogen (secondary N) is 2. The minimum absolute atomic E-state index is 0.0690. The summed E-state index contributed by atoms with van der Waals surface area (Å²) in [5, 5.41) is 24.3. The summed E-state index contributed by atoms with van der Waals surface area (Å²) in [5.41, 5.74) is 12.9. The van der Waals surface area contributed by atoms with Crippen LogP contribution in [-0.4, -0.2) is 52.7 Å². The van der Waals surface area contributed by atoms with E-state index in [-0.39, 0.29) is 18.6 Å². The highest BCUT2D eigenvalue weighted by atomic mass is 16.4. The summed E-state index contributed by atoms with van der Waals surface area (Å²) in [6.07, 6.45) is 2.03. The monoisotopic (exact) mass is 456 g/mol. The molecule has 9 heteroatoms. The molecule has 3 atom stereocenters. The van der Waals surface area contributed by atoms with Gasteiger partial charge in [-0.2, -0.15) is 0 Å². The molecule has 9 nitrogen and oxygen atoms in total. The molecule has 0 bridgehead atoms. The number of phenols is 1. The number of rotatable bonds is 13. The van der Waals surface area contributed by atoms with E-state index in [2.05, 4.69) is 10.6 Å². The zero-order valence-electron chi connectivity index (χ0n) is 18.4. The Kier molecular flexibility index (Phi) is 10.3. The maximum absolute atomic E-state index is 13.0. The van der Waals surface area contributed by atoms with Crippen LogP contribution in [0.4, 0.5) is 0 Å². The summed E-state index contributed by atoms with van der Waals surface area (Å²) in [6, 6.07) is 12.1. The summed E-state index contributed by atoms with van der Waals surface area (Å²) >= 11 is 0. The van der Waals surface area contributed by atoms with E-state index in [9.17, 15) is 24.6 Å².